The summed E-state index contributed by atoms with van der Waals surface area (Å²) in [5.41, 5.74) is 6.16. The highest BCUT2D eigenvalue weighted by molar-refractivity contribution is 7.80. The molecule has 0 saturated carbocycles. The normalized spacial score (nSPS) is 10.0. The van der Waals surface area contributed by atoms with Crippen molar-refractivity contribution in [1.82, 2.24) is 5.32 Å². The summed E-state index contributed by atoms with van der Waals surface area (Å²) in [7, 11) is 0. The minimum atomic E-state index is -0.164. The van der Waals surface area contributed by atoms with Crippen LogP contribution >= 0.6 is 23.8 Å². The Labute approximate surface area is 123 Å². The number of benzene rings is 1. The molecule has 0 radical (unpaired) electrons. The van der Waals surface area contributed by atoms with Gasteiger partial charge in [0.05, 0.1) is 5.02 Å². The Balaban J connectivity index is 2.49. The summed E-state index contributed by atoms with van der Waals surface area (Å²) in [6.45, 7) is 2.66. The van der Waals surface area contributed by atoms with E-state index in [-0.39, 0.29) is 17.5 Å². The molecule has 0 saturated heterocycles. The maximum absolute atomic E-state index is 11.5. The van der Waals surface area contributed by atoms with E-state index in [9.17, 15) is 4.79 Å². The van der Waals surface area contributed by atoms with E-state index in [0.717, 1.165) is 12.8 Å². The summed E-state index contributed by atoms with van der Waals surface area (Å²) in [5.74, 6) is 0.273. The molecule has 0 aliphatic rings. The van der Waals surface area contributed by atoms with Crippen LogP contribution in [0.2, 0.25) is 5.02 Å². The quantitative estimate of drug-likeness (QED) is 0.599. The summed E-state index contributed by atoms with van der Waals surface area (Å²) in [6.07, 6.45) is 1.99. The van der Waals surface area contributed by atoms with Crippen molar-refractivity contribution in [1.29, 1.82) is 0 Å². The van der Waals surface area contributed by atoms with Crippen LogP contribution in [0.15, 0.2) is 18.2 Å². The van der Waals surface area contributed by atoms with E-state index >= 15 is 0 Å². The first-order valence-electron chi connectivity index (χ1n) is 6.03. The SMILES string of the molecule is CCCCNC(=O)COc1ccc(C(N)=S)cc1Cl. The van der Waals surface area contributed by atoms with E-state index in [0.29, 0.717) is 22.9 Å². The molecule has 0 spiro atoms. The Hall–Kier alpha value is -1.33. The summed E-state index contributed by atoms with van der Waals surface area (Å²) in [6, 6.07) is 4.98. The van der Waals surface area contributed by atoms with Gasteiger partial charge in [0.2, 0.25) is 0 Å². The largest absolute Gasteiger partial charge is 0.482 e. The number of amides is 1. The van der Waals surface area contributed by atoms with Crippen molar-refractivity contribution >= 4 is 34.7 Å². The summed E-state index contributed by atoms with van der Waals surface area (Å²) >= 11 is 10.9. The number of carbonyl (C=O) groups is 1. The number of thiocarbonyl (C=S) groups is 1. The van der Waals surface area contributed by atoms with Gasteiger partial charge in [-0.3, -0.25) is 4.79 Å². The van der Waals surface area contributed by atoms with Gasteiger partial charge in [-0.05, 0) is 24.6 Å². The molecular formula is C13H17ClN2O2S. The van der Waals surface area contributed by atoms with Gasteiger partial charge in [0.25, 0.3) is 5.91 Å². The van der Waals surface area contributed by atoms with Crippen molar-refractivity contribution in [3.63, 3.8) is 0 Å². The van der Waals surface area contributed by atoms with Crippen molar-refractivity contribution in [3.8, 4) is 5.75 Å². The van der Waals surface area contributed by atoms with Crippen LogP contribution in [-0.4, -0.2) is 24.0 Å². The van der Waals surface area contributed by atoms with Gasteiger partial charge in [0, 0.05) is 12.1 Å². The maximum atomic E-state index is 11.5. The van der Waals surface area contributed by atoms with Gasteiger partial charge >= 0.3 is 0 Å². The highest BCUT2D eigenvalue weighted by atomic mass is 35.5. The zero-order chi connectivity index (χ0) is 14.3. The van der Waals surface area contributed by atoms with E-state index in [4.69, 9.17) is 34.3 Å². The van der Waals surface area contributed by atoms with Crippen LogP contribution in [0.25, 0.3) is 0 Å². The van der Waals surface area contributed by atoms with E-state index in [2.05, 4.69) is 12.2 Å². The average Bonchev–Trinajstić information content (AvgIpc) is 2.37. The molecule has 0 atom stereocenters. The third-order valence-corrected chi connectivity index (χ3v) is 2.96. The van der Waals surface area contributed by atoms with E-state index in [1.165, 1.54) is 0 Å². The summed E-state index contributed by atoms with van der Waals surface area (Å²) in [5, 5.41) is 3.14. The molecule has 1 rings (SSSR count). The monoisotopic (exact) mass is 300 g/mol. The Bertz CT molecular complexity index is 466. The molecule has 0 bridgehead atoms. The first-order valence-corrected chi connectivity index (χ1v) is 6.82. The minimum Gasteiger partial charge on any atom is -0.482 e. The van der Waals surface area contributed by atoms with Crippen molar-refractivity contribution in [2.75, 3.05) is 13.2 Å². The van der Waals surface area contributed by atoms with E-state index in [1.54, 1.807) is 18.2 Å². The first-order chi connectivity index (χ1) is 9.04. The standard InChI is InChI=1S/C13H17ClN2O2S/c1-2-3-6-16-12(17)8-18-11-5-4-9(13(15)19)7-10(11)14/h4-5,7H,2-3,6,8H2,1H3,(H2,15,19)(H,16,17). The third-order valence-electron chi connectivity index (χ3n) is 2.43. The smallest absolute Gasteiger partial charge is 0.257 e. The second kappa shape index (κ2) is 7.96. The number of rotatable bonds is 7. The molecule has 0 aliphatic carbocycles. The third kappa shape index (κ3) is 5.44. The fraction of sp³-hybridized carbons (Fsp3) is 0.385. The molecule has 3 N–H and O–H groups in total. The fourth-order valence-electron chi connectivity index (χ4n) is 1.37. The van der Waals surface area contributed by atoms with Gasteiger partial charge < -0.3 is 15.8 Å². The van der Waals surface area contributed by atoms with Crippen LogP contribution in [0, 0.1) is 0 Å². The molecule has 1 aromatic carbocycles. The molecule has 0 aromatic heterocycles. The van der Waals surface area contributed by atoms with Crippen LogP contribution in [0.3, 0.4) is 0 Å². The number of nitrogens with two attached hydrogens (primary N) is 1. The van der Waals surface area contributed by atoms with Gasteiger partial charge in [-0.1, -0.05) is 37.2 Å². The predicted molar refractivity (Wildman–Crippen MR) is 80.8 cm³/mol. The zero-order valence-electron chi connectivity index (χ0n) is 10.7. The number of halogens is 1. The highest BCUT2D eigenvalue weighted by Gasteiger charge is 2.07. The second-order valence-electron chi connectivity index (χ2n) is 4.00. The van der Waals surface area contributed by atoms with Gasteiger partial charge in [-0.15, -0.1) is 0 Å². The molecule has 1 aromatic rings. The lowest BCUT2D eigenvalue weighted by Crippen LogP contribution is -2.29. The molecule has 19 heavy (non-hydrogen) atoms. The van der Waals surface area contributed by atoms with Crippen LogP contribution in [-0.2, 0) is 4.79 Å². The maximum Gasteiger partial charge on any atom is 0.257 e. The molecule has 104 valence electrons. The van der Waals surface area contributed by atoms with Crippen molar-refractivity contribution in [2.45, 2.75) is 19.8 Å². The summed E-state index contributed by atoms with van der Waals surface area (Å²) in [4.78, 5) is 11.7. The van der Waals surface area contributed by atoms with Crippen molar-refractivity contribution < 1.29 is 9.53 Å². The Morgan fingerprint density at radius 1 is 1.53 bits per heavy atom. The average molecular weight is 301 g/mol. The first kappa shape index (κ1) is 15.7. The van der Waals surface area contributed by atoms with Gasteiger partial charge in [-0.2, -0.15) is 0 Å². The van der Waals surface area contributed by atoms with Gasteiger partial charge in [-0.25, -0.2) is 0 Å². The number of nitrogens with one attached hydrogen (secondary N) is 1. The van der Waals surface area contributed by atoms with Crippen LogP contribution in [0.4, 0.5) is 0 Å². The van der Waals surface area contributed by atoms with Crippen molar-refractivity contribution in [2.24, 2.45) is 5.73 Å². The number of hydrogen-bond acceptors (Lipinski definition) is 3. The Morgan fingerprint density at radius 3 is 2.84 bits per heavy atom. The zero-order valence-corrected chi connectivity index (χ0v) is 12.3. The number of ether oxygens (including phenoxy) is 1. The van der Waals surface area contributed by atoms with Crippen LogP contribution in [0.5, 0.6) is 5.75 Å². The second-order valence-corrected chi connectivity index (χ2v) is 4.85. The number of carbonyl (C=O) groups excluding carboxylic acids is 1. The predicted octanol–water partition coefficient (Wildman–Crippen LogP) is 2.27. The lowest BCUT2D eigenvalue weighted by Gasteiger charge is -2.09. The highest BCUT2D eigenvalue weighted by Crippen LogP contribution is 2.25. The van der Waals surface area contributed by atoms with E-state index < -0.39 is 0 Å². The molecule has 0 unspecified atom stereocenters. The van der Waals surface area contributed by atoms with E-state index in [1.807, 2.05) is 0 Å². The van der Waals surface area contributed by atoms with Crippen molar-refractivity contribution in [3.05, 3.63) is 28.8 Å². The topological polar surface area (TPSA) is 64.3 Å². The lowest BCUT2D eigenvalue weighted by atomic mass is 10.2. The molecule has 0 heterocycles. The van der Waals surface area contributed by atoms with Crippen LogP contribution in [0.1, 0.15) is 25.3 Å². The van der Waals surface area contributed by atoms with Gasteiger partial charge in [0.15, 0.2) is 6.61 Å². The number of unbranched alkanes of at least 4 members (excludes halogenated alkanes) is 1. The summed E-state index contributed by atoms with van der Waals surface area (Å²) < 4.78 is 5.34. The lowest BCUT2D eigenvalue weighted by molar-refractivity contribution is -0.123. The van der Waals surface area contributed by atoms with Crippen LogP contribution < -0.4 is 15.8 Å². The molecular weight excluding hydrogens is 284 g/mol. The Kier molecular flexibility index (Phi) is 6.59. The Morgan fingerprint density at radius 2 is 2.26 bits per heavy atom. The molecule has 1 amide bonds. The number of hydrogen-bond donors (Lipinski definition) is 2. The fourth-order valence-corrected chi connectivity index (χ4v) is 1.73. The minimum absolute atomic E-state index is 0.0597. The molecule has 6 heteroatoms. The molecule has 0 fully saturated rings. The molecule has 4 nitrogen and oxygen atoms in total. The van der Waals surface area contributed by atoms with Gasteiger partial charge in [0.1, 0.15) is 10.7 Å². The molecule has 0 aliphatic heterocycles.